The summed E-state index contributed by atoms with van der Waals surface area (Å²) in [5, 5.41) is 4.27. The number of carbonyl (C=O) groups is 1. The number of hydrogen-bond donors (Lipinski definition) is 1. The molecule has 1 unspecified atom stereocenters. The van der Waals surface area contributed by atoms with Crippen LogP contribution in [0, 0.1) is 6.92 Å². The van der Waals surface area contributed by atoms with Gasteiger partial charge in [-0.2, -0.15) is 0 Å². The van der Waals surface area contributed by atoms with E-state index >= 15 is 0 Å². The van der Waals surface area contributed by atoms with Gasteiger partial charge in [-0.1, -0.05) is 47.6 Å². The van der Waals surface area contributed by atoms with E-state index in [0.717, 1.165) is 5.56 Å². The Bertz CT molecular complexity index is 668. The van der Waals surface area contributed by atoms with Crippen LogP contribution in [0.3, 0.4) is 0 Å². The molecule has 1 aliphatic rings. The van der Waals surface area contributed by atoms with Crippen LogP contribution in [-0.2, 0) is 9.53 Å². The van der Waals surface area contributed by atoms with Crippen LogP contribution in [0.2, 0.25) is 10.0 Å². The lowest BCUT2D eigenvalue weighted by Gasteiger charge is -2.21. The molecule has 0 heterocycles. The van der Waals surface area contributed by atoms with Gasteiger partial charge in [-0.15, -0.1) is 0 Å². The minimum Gasteiger partial charge on any atom is -0.465 e. The van der Waals surface area contributed by atoms with E-state index in [1.54, 1.807) is 24.3 Å². The highest BCUT2D eigenvalue weighted by Crippen LogP contribution is 2.34. The van der Waals surface area contributed by atoms with Crippen molar-refractivity contribution in [2.45, 2.75) is 13.0 Å². The first-order valence-electron chi connectivity index (χ1n) is 6.17. The summed E-state index contributed by atoms with van der Waals surface area (Å²) < 4.78 is 4.66. The average Bonchev–Trinajstić information content (AvgIpc) is 2.48. The lowest BCUT2D eigenvalue weighted by molar-refractivity contribution is -0.135. The van der Waals surface area contributed by atoms with Gasteiger partial charge in [0, 0.05) is 4.86 Å². The lowest BCUT2D eigenvalue weighted by atomic mass is 10.0. The van der Waals surface area contributed by atoms with Crippen molar-refractivity contribution in [1.82, 2.24) is 0 Å². The Kier molecular flexibility index (Phi) is 5.04. The Morgan fingerprint density at radius 1 is 1.38 bits per heavy atom. The third-order valence-corrected chi connectivity index (χ3v) is 4.25. The molecule has 1 atom stereocenters. The van der Waals surface area contributed by atoms with Crippen molar-refractivity contribution in [2.75, 3.05) is 12.4 Å². The van der Waals surface area contributed by atoms with Crippen molar-refractivity contribution < 1.29 is 9.53 Å². The number of carbonyl (C=O) groups excluding carboxylic acids is 1. The number of methoxy groups -OCH3 is 1. The van der Waals surface area contributed by atoms with E-state index in [0.29, 0.717) is 26.2 Å². The standard InChI is InChI=1S/C15H13Cl2NO2S/c1-8-3-5-10(16)14(13(8)17)18-11-6-4-9(7-12(11)21)15(19)20-2/h3-7,11,18H,1-2H3. The van der Waals surface area contributed by atoms with Gasteiger partial charge in [0.1, 0.15) is 0 Å². The molecule has 0 aromatic heterocycles. The summed E-state index contributed by atoms with van der Waals surface area (Å²) >= 11 is 17.7. The van der Waals surface area contributed by atoms with Crippen LogP contribution in [0.4, 0.5) is 5.69 Å². The first-order valence-corrected chi connectivity index (χ1v) is 7.33. The number of nitrogens with one attached hydrogen (secondary N) is 1. The Morgan fingerprint density at radius 3 is 2.71 bits per heavy atom. The van der Waals surface area contributed by atoms with E-state index in [1.165, 1.54) is 7.11 Å². The van der Waals surface area contributed by atoms with Gasteiger partial charge in [-0.05, 0) is 30.7 Å². The number of thiocarbonyl (C=S) groups is 1. The zero-order chi connectivity index (χ0) is 15.6. The molecule has 2 rings (SSSR count). The third-order valence-electron chi connectivity index (χ3n) is 3.08. The molecule has 0 aliphatic heterocycles. The molecular formula is C15H13Cl2NO2S. The van der Waals surface area contributed by atoms with Crippen LogP contribution >= 0.6 is 35.4 Å². The highest BCUT2D eigenvalue weighted by atomic mass is 35.5. The van der Waals surface area contributed by atoms with Crippen LogP contribution in [-0.4, -0.2) is 24.0 Å². The molecule has 0 radical (unpaired) electrons. The maximum absolute atomic E-state index is 11.5. The first-order chi connectivity index (χ1) is 9.93. The van der Waals surface area contributed by atoms with Crippen molar-refractivity contribution in [3.63, 3.8) is 0 Å². The topological polar surface area (TPSA) is 38.3 Å². The molecule has 1 aromatic rings. The predicted molar refractivity (Wildman–Crippen MR) is 90.4 cm³/mol. The van der Waals surface area contributed by atoms with Gasteiger partial charge in [-0.3, -0.25) is 0 Å². The normalized spacial score (nSPS) is 17.4. The van der Waals surface area contributed by atoms with Gasteiger partial charge in [0.2, 0.25) is 0 Å². The Balaban J connectivity index is 2.23. The molecule has 0 saturated carbocycles. The molecule has 1 aromatic carbocycles. The maximum Gasteiger partial charge on any atom is 0.337 e. The second kappa shape index (κ2) is 6.60. The zero-order valence-corrected chi connectivity index (χ0v) is 13.8. The molecule has 110 valence electrons. The van der Waals surface area contributed by atoms with Crippen LogP contribution < -0.4 is 5.32 Å². The van der Waals surface area contributed by atoms with E-state index in [2.05, 4.69) is 10.1 Å². The summed E-state index contributed by atoms with van der Waals surface area (Å²) in [6.07, 6.45) is 5.05. The summed E-state index contributed by atoms with van der Waals surface area (Å²) in [5.41, 5.74) is 1.97. The van der Waals surface area contributed by atoms with Crippen LogP contribution in [0.5, 0.6) is 0 Å². The zero-order valence-electron chi connectivity index (χ0n) is 11.4. The number of anilines is 1. The minimum absolute atomic E-state index is 0.259. The minimum atomic E-state index is -0.418. The van der Waals surface area contributed by atoms with Crippen molar-refractivity contribution in [3.8, 4) is 0 Å². The largest absolute Gasteiger partial charge is 0.465 e. The quantitative estimate of drug-likeness (QED) is 0.662. The number of halogens is 2. The maximum atomic E-state index is 11.5. The Labute approximate surface area is 138 Å². The van der Waals surface area contributed by atoms with Crippen LogP contribution in [0.15, 0.2) is 35.9 Å². The molecule has 0 saturated heterocycles. The van der Waals surface area contributed by atoms with Crippen molar-refractivity contribution in [2.24, 2.45) is 0 Å². The number of benzene rings is 1. The van der Waals surface area contributed by atoms with E-state index < -0.39 is 5.97 Å². The average molecular weight is 342 g/mol. The van der Waals surface area contributed by atoms with Crippen molar-refractivity contribution in [3.05, 3.63) is 51.5 Å². The highest BCUT2D eigenvalue weighted by molar-refractivity contribution is 7.81. The number of aryl methyl sites for hydroxylation is 1. The molecule has 0 bridgehead atoms. The second-order valence-electron chi connectivity index (χ2n) is 4.53. The fraction of sp³-hybridized carbons (Fsp3) is 0.200. The van der Waals surface area contributed by atoms with Gasteiger partial charge in [-0.25, -0.2) is 4.79 Å². The van der Waals surface area contributed by atoms with Gasteiger partial charge in [0.25, 0.3) is 0 Å². The lowest BCUT2D eigenvalue weighted by Crippen LogP contribution is -2.28. The van der Waals surface area contributed by atoms with E-state index in [1.807, 2.05) is 13.0 Å². The van der Waals surface area contributed by atoms with Crippen LogP contribution in [0.1, 0.15) is 5.56 Å². The molecule has 0 fully saturated rings. The SMILES string of the molecule is COC(=O)C1=CC(=S)C(Nc2c(Cl)ccc(C)c2Cl)C=C1. The molecule has 1 N–H and O–H groups in total. The highest BCUT2D eigenvalue weighted by Gasteiger charge is 2.20. The smallest absolute Gasteiger partial charge is 0.337 e. The van der Waals surface area contributed by atoms with Gasteiger partial charge >= 0.3 is 5.97 Å². The van der Waals surface area contributed by atoms with Gasteiger partial charge < -0.3 is 10.1 Å². The molecular weight excluding hydrogens is 329 g/mol. The van der Waals surface area contributed by atoms with Gasteiger partial charge in [0.05, 0.1) is 34.5 Å². The number of hydrogen-bond acceptors (Lipinski definition) is 4. The number of ether oxygens (including phenoxy) is 1. The molecule has 21 heavy (non-hydrogen) atoms. The molecule has 1 aliphatic carbocycles. The van der Waals surface area contributed by atoms with Crippen molar-refractivity contribution >= 4 is 51.9 Å². The Morgan fingerprint density at radius 2 is 2.10 bits per heavy atom. The number of rotatable bonds is 3. The summed E-state index contributed by atoms with van der Waals surface area (Å²) in [7, 11) is 1.33. The molecule has 3 nitrogen and oxygen atoms in total. The summed E-state index contributed by atoms with van der Waals surface area (Å²) in [6.45, 7) is 1.90. The van der Waals surface area contributed by atoms with Crippen LogP contribution in [0.25, 0.3) is 0 Å². The van der Waals surface area contributed by atoms with E-state index in [9.17, 15) is 4.79 Å². The molecule has 0 spiro atoms. The molecule has 6 heteroatoms. The summed E-state index contributed by atoms with van der Waals surface area (Å²) in [4.78, 5) is 12.0. The van der Waals surface area contributed by atoms with E-state index in [4.69, 9.17) is 35.4 Å². The fourth-order valence-electron chi connectivity index (χ4n) is 1.89. The van der Waals surface area contributed by atoms with E-state index in [-0.39, 0.29) is 6.04 Å². The monoisotopic (exact) mass is 341 g/mol. The third kappa shape index (κ3) is 3.46. The number of esters is 1. The Hall–Kier alpha value is -1.36. The second-order valence-corrected chi connectivity index (χ2v) is 5.78. The summed E-state index contributed by atoms with van der Waals surface area (Å²) in [5.74, 6) is -0.418. The fourth-order valence-corrected chi connectivity index (χ4v) is 2.64. The van der Waals surface area contributed by atoms with Gasteiger partial charge in [0.15, 0.2) is 0 Å². The van der Waals surface area contributed by atoms with Crippen molar-refractivity contribution in [1.29, 1.82) is 0 Å². The first kappa shape index (κ1) is 16.0. The molecule has 0 amide bonds. The predicted octanol–water partition coefficient (Wildman–Crippen LogP) is 4.12. The summed E-state index contributed by atoms with van der Waals surface area (Å²) in [6, 6.07) is 3.36.